The number of aromatic hydroxyl groups is 1. The van der Waals surface area contributed by atoms with Gasteiger partial charge in [0.2, 0.25) is 0 Å². The van der Waals surface area contributed by atoms with Gasteiger partial charge in [-0.2, -0.15) is 0 Å². The number of carboxylic acids is 1. The molecule has 2 N–H and O–H groups in total. The summed E-state index contributed by atoms with van der Waals surface area (Å²) in [4.78, 5) is 11.5. The van der Waals surface area contributed by atoms with Crippen molar-refractivity contribution in [2.45, 2.75) is 13.5 Å². The molecule has 0 saturated heterocycles. The monoisotopic (exact) mass is 531 g/mol. The van der Waals surface area contributed by atoms with Crippen LogP contribution in [-0.2, 0) is 6.61 Å². The maximum atomic E-state index is 14.1. The van der Waals surface area contributed by atoms with Crippen LogP contribution in [0.4, 0.5) is 13.2 Å². The summed E-state index contributed by atoms with van der Waals surface area (Å²) in [6.45, 7) is 1.33. The Morgan fingerprint density at radius 1 is 1.03 bits per heavy atom. The number of carboxylic acid groups (broad SMARTS) is 1. The summed E-state index contributed by atoms with van der Waals surface area (Å²) in [5.74, 6) is -4.49. The molecule has 0 aliphatic heterocycles. The maximum Gasteiger partial charge on any atom is 0.339 e. The molecule has 0 radical (unpaired) electrons. The van der Waals surface area contributed by atoms with Crippen molar-refractivity contribution < 1.29 is 32.9 Å². The number of rotatable bonds is 6. The number of benzene rings is 3. The average Bonchev–Trinajstić information content (AvgIpc) is 3.14. The highest BCUT2D eigenvalue weighted by molar-refractivity contribution is 9.10. The predicted molar refractivity (Wildman–Crippen MR) is 123 cm³/mol. The largest absolute Gasteiger partial charge is 0.507 e. The van der Waals surface area contributed by atoms with Crippen molar-refractivity contribution in [1.82, 2.24) is 4.57 Å². The van der Waals surface area contributed by atoms with Gasteiger partial charge in [-0.1, -0.05) is 6.07 Å². The molecule has 0 spiro atoms. The molecule has 174 valence electrons. The second kappa shape index (κ2) is 9.26. The summed E-state index contributed by atoms with van der Waals surface area (Å²) >= 11 is 3.49. The van der Waals surface area contributed by atoms with Crippen LogP contribution < -0.4 is 4.74 Å². The molecular weight excluding hydrogens is 515 g/mol. The quantitative estimate of drug-likeness (QED) is 0.293. The smallest absolute Gasteiger partial charge is 0.339 e. The van der Waals surface area contributed by atoms with Gasteiger partial charge in [0.05, 0.1) is 16.8 Å². The first-order valence-corrected chi connectivity index (χ1v) is 10.8. The van der Waals surface area contributed by atoms with E-state index in [1.807, 2.05) is 13.0 Å². The molecule has 1 heterocycles. The summed E-state index contributed by atoms with van der Waals surface area (Å²) in [7, 11) is 0. The first-order chi connectivity index (χ1) is 16.2. The van der Waals surface area contributed by atoms with E-state index in [0.29, 0.717) is 33.6 Å². The molecule has 0 unspecified atom stereocenters. The summed E-state index contributed by atoms with van der Waals surface area (Å²) in [5, 5.41) is 19.3. The van der Waals surface area contributed by atoms with Crippen molar-refractivity contribution in [1.29, 1.82) is 0 Å². The molecule has 0 saturated carbocycles. The van der Waals surface area contributed by atoms with Crippen LogP contribution in [0.3, 0.4) is 0 Å². The number of ether oxygens (including phenoxy) is 1. The molecule has 1 aromatic heterocycles. The first kappa shape index (κ1) is 23.4. The third-order valence-corrected chi connectivity index (χ3v) is 5.91. The molecule has 0 amide bonds. The van der Waals surface area contributed by atoms with Crippen molar-refractivity contribution in [3.05, 3.63) is 99.4 Å². The number of aromatic carboxylic acids is 1. The van der Waals surface area contributed by atoms with E-state index in [-0.39, 0.29) is 17.1 Å². The Balaban J connectivity index is 1.80. The molecule has 3 aromatic carbocycles. The molecule has 0 bridgehead atoms. The standard InChI is InChI=1S/C25H17BrF3NO4/c1-13-5-7-21(30(13)15-6-8-22(31)16(11-15)25(32)33)24-18(26)3-2-4-23(24)34-12-17-19(28)9-14(27)10-20(17)29/h2-11,31H,12H2,1H3,(H,32,33). The summed E-state index contributed by atoms with van der Waals surface area (Å²) in [6, 6.07) is 14.0. The molecule has 5 nitrogen and oxygen atoms in total. The fraction of sp³-hybridized carbons (Fsp3) is 0.0800. The Hall–Kier alpha value is -3.72. The number of halogens is 4. The highest BCUT2D eigenvalue weighted by atomic mass is 79.9. The Morgan fingerprint density at radius 3 is 2.41 bits per heavy atom. The minimum Gasteiger partial charge on any atom is -0.507 e. The van der Waals surface area contributed by atoms with E-state index in [0.717, 1.165) is 5.69 Å². The van der Waals surface area contributed by atoms with Gasteiger partial charge in [-0.15, -0.1) is 0 Å². The van der Waals surface area contributed by atoms with Crippen LogP contribution >= 0.6 is 15.9 Å². The lowest BCUT2D eigenvalue weighted by atomic mass is 10.1. The zero-order chi connectivity index (χ0) is 24.6. The number of aryl methyl sites for hydroxylation is 1. The van der Waals surface area contributed by atoms with E-state index in [4.69, 9.17) is 4.74 Å². The van der Waals surface area contributed by atoms with Gasteiger partial charge in [-0.05, 0) is 65.3 Å². The van der Waals surface area contributed by atoms with Crippen LogP contribution in [0.5, 0.6) is 11.5 Å². The number of phenols is 1. The minimum atomic E-state index is -1.28. The van der Waals surface area contributed by atoms with Crippen LogP contribution in [0.25, 0.3) is 16.9 Å². The van der Waals surface area contributed by atoms with E-state index in [1.165, 1.54) is 12.1 Å². The van der Waals surface area contributed by atoms with E-state index < -0.39 is 35.6 Å². The van der Waals surface area contributed by atoms with Gasteiger partial charge < -0.3 is 19.5 Å². The van der Waals surface area contributed by atoms with Crippen LogP contribution in [0.15, 0.2) is 65.1 Å². The van der Waals surface area contributed by atoms with Crippen molar-refractivity contribution in [3.8, 4) is 28.4 Å². The molecule has 4 aromatic rings. The van der Waals surface area contributed by atoms with E-state index in [9.17, 15) is 28.2 Å². The second-order valence-electron chi connectivity index (χ2n) is 7.45. The lowest BCUT2D eigenvalue weighted by Gasteiger charge is -2.18. The van der Waals surface area contributed by atoms with Crippen molar-refractivity contribution in [3.63, 3.8) is 0 Å². The molecule has 0 atom stereocenters. The Labute approximate surface area is 200 Å². The third kappa shape index (κ3) is 4.38. The number of aromatic nitrogens is 1. The predicted octanol–water partition coefficient (Wildman–Crippen LogP) is 6.62. The normalized spacial score (nSPS) is 11.0. The SMILES string of the molecule is Cc1ccc(-c2c(Br)cccc2OCc2c(F)cc(F)cc2F)n1-c1ccc(O)c(C(=O)O)c1. The zero-order valence-electron chi connectivity index (χ0n) is 17.7. The average molecular weight is 532 g/mol. The lowest BCUT2D eigenvalue weighted by molar-refractivity contribution is 0.0693. The Kier molecular flexibility index (Phi) is 6.39. The Morgan fingerprint density at radius 2 is 1.74 bits per heavy atom. The summed E-state index contributed by atoms with van der Waals surface area (Å²) in [6.07, 6.45) is 0. The van der Waals surface area contributed by atoms with Gasteiger partial charge in [0.1, 0.15) is 41.1 Å². The van der Waals surface area contributed by atoms with Crippen LogP contribution in [0.1, 0.15) is 21.6 Å². The van der Waals surface area contributed by atoms with Crippen molar-refractivity contribution in [2.75, 3.05) is 0 Å². The lowest BCUT2D eigenvalue weighted by Crippen LogP contribution is -2.06. The summed E-state index contributed by atoms with van der Waals surface area (Å²) < 4.78 is 49.6. The number of hydrogen-bond acceptors (Lipinski definition) is 3. The second-order valence-corrected chi connectivity index (χ2v) is 8.31. The summed E-state index contributed by atoms with van der Waals surface area (Å²) in [5.41, 5.74) is 1.70. The van der Waals surface area contributed by atoms with E-state index in [2.05, 4.69) is 15.9 Å². The molecule has 9 heteroatoms. The van der Waals surface area contributed by atoms with Crippen LogP contribution in [0, 0.1) is 24.4 Å². The molecule has 0 aliphatic rings. The van der Waals surface area contributed by atoms with Crippen LogP contribution in [-0.4, -0.2) is 20.7 Å². The minimum absolute atomic E-state index is 0.262. The van der Waals surface area contributed by atoms with Gasteiger partial charge in [0.25, 0.3) is 0 Å². The van der Waals surface area contributed by atoms with Crippen molar-refractivity contribution in [2.24, 2.45) is 0 Å². The highest BCUT2D eigenvalue weighted by Gasteiger charge is 2.20. The first-order valence-electron chi connectivity index (χ1n) is 9.97. The van der Waals surface area contributed by atoms with Gasteiger partial charge in [-0.25, -0.2) is 18.0 Å². The van der Waals surface area contributed by atoms with Gasteiger partial charge in [0, 0.05) is 28.0 Å². The molecule has 0 aliphatic carbocycles. The fourth-order valence-electron chi connectivity index (χ4n) is 3.64. The number of hydrogen-bond donors (Lipinski definition) is 2. The van der Waals surface area contributed by atoms with Gasteiger partial charge >= 0.3 is 5.97 Å². The highest BCUT2D eigenvalue weighted by Crippen LogP contribution is 2.40. The third-order valence-electron chi connectivity index (χ3n) is 5.25. The van der Waals surface area contributed by atoms with E-state index in [1.54, 1.807) is 34.9 Å². The maximum absolute atomic E-state index is 14.1. The Bertz CT molecular complexity index is 1390. The molecule has 4 rings (SSSR count). The topological polar surface area (TPSA) is 71.7 Å². The zero-order valence-corrected chi connectivity index (χ0v) is 19.2. The van der Waals surface area contributed by atoms with Gasteiger partial charge in [-0.3, -0.25) is 0 Å². The fourth-order valence-corrected chi connectivity index (χ4v) is 4.20. The van der Waals surface area contributed by atoms with Gasteiger partial charge in [0.15, 0.2) is 0 Å². The van der Waals surface area contributed by atoms with Crippen LogP contribution in [0.2, 0.25) is 0 Å². The van der Waals surface area contributed by atoms with Crippen molar-refractivity contribution >= 4 is 21.9 Å². The molecule has 0 fully saturated rings. The number of carbonyl (C=O) groups is 1. The number of nitrogens with zero attached hydrogens (tertiary/aromatic N) is 1. The molecular formula is C25H17BrF3NO4. The molecule has 34 heavy (non-hydrogen) atoms. The van der Waals surface area contributed by atoms with E-state index >= 15 is 0 Å².